The molecule has 1 aromatic heterocycles. The lowest BCUT2D eigenvalue weighted by molar-refractivity contribution is 0.484. The maximum absolute atomic E-state index is 13.3. The third-order valence-electron chi connectivity index (χ3n) is 4.12. The number of hydrogen-bond acceptors (Lipinski definition) is 5. The Bertz CT molecular complexity index is 1330. The molecule has 0 aliphatic heterocycles. The highest BCUT2D eigenvalue weighted by Gasteiger charge is 2.18. The van der Waals surface area contributed by atoms with Crippen LogP contribution in [0.15, 0.2) is 93.2 Å². The maximum Gasteiger partial charge on any atom is 0.339 e. The van der Waals surface area contributed by atoms with Gasteiger partial charge in [0.05, 0.1) is 10.9 Å². The summed E-state index contributed by atoms with van der Waals surface area (Å²) in [6.07, 6.45) is 1.32. The second-order valence-corrected chi connectivity index (χ2v) is 7.54. The molecule has 0 saturated carbocycles. The van der Waals surface area contributed by atoms with E-state index in [-0.39, 0.29) is 27.0 Å². The SMILES string of the molecule is O=c1c(-c2ccccc2)coc2cc(OS(=O)(=O)c3cccc(F)c3)ccc12. The molecular weight excluding hydrogens is 383 g/mol. The number of fused-ring (bicyclic) bond motifs is 1. The van der Waals surface area contributed by atoms with Crippen LogP contribution in [0.5, 0.6) is 5.75 Å². The fourth-order valence-corrected chi connectivity index (χ4v) is 3.73. The van der Waals surface area contributed by atoms with Crippen molar-refractivity contribution in [2.75, 3.05) is 0 Å². The van der Waals surface area contributed by atoms with Gasteiger partial charge in [0.1, 0.15) is 28.3 Å². The Morgan fingerprint density at radius 3 is 2.43 bits per heavy atom. The Morgan fingerprint density at radius 2 is 1.68 bits per heavy atom. The van der Waals surface area contributed by atoms with Crippen molar-refractivity contribution in [2.24, 2.45) is 0 Å². The summed E-state index contributed by atoms with van der Waals surface area (Å²) in [4.78, 5) is 12.4. The van der Waals surface area contributed by atoms with Crippen molar-refractivity contribution in [3.63, 3.8) is 0 Å². The second kappa shape index (κ2) is 6.94. The zero-order valence-electron chi connectivity index (χ0n) is 14.3. The first-order chi connectivity index (χ1) is 13.4. The first kappa shape index (κ1) is 17.9. The van der Waals surface area contributed by atoms with E-state index in [4.69, 9.17) is 8.60 Å². The topological polar surface area (TPSA) is 73.6 Å². The molecule has 4 rings (SSSR count). The molecule has 0 saturated heterocycles. The highest BCUT2D eigenvalue weighted by Crippen LogP contribution is 2.25. The summed E-state index contributed by atoms with van der Waals surface area (Å²) in [5.74, 6) is -0.741. The van der Waals surface area contributed by atoms with Gasteiger partial charge in [-0.05, 0) is 35.9 Å². The lowest BCUT2D eigenvalue weighted by Gasteiger charge is -2.08. The Labute approximate surface area is 159 Å². The second-order valence-electron chi connectivity index (χ2n) is 6.00. The summed E-state index contributed by atoms with van der Waals surface area (Å²) in [5, 5.41) is 0.289. The molecule has 0 amide bonds. The van der Waals surface area contributed by atoms with Gasteiger partial charge in [-0.25, -0.2) is 4.39 Å². The fraction of sp³-hybridized carbons (Fsp3) is 0. The lowest BCUT2D eigenvalue weighted by atomic mass is 10.1. The van der Waals surface area contributed by atoms with Crippen molar-refractivity contribution in [1.82, 2.24) is 0 Å². The predicted molar refractivity (Wildman–Crippen MR) is 102 cm³/mol. The van der Waals surface area contributed by atoms with Crippen molar-refractivity contribution < 1.29 is 21.4 Å². The van der Waals surface area contributed by atoms with Gasteiger partial charge in [0, 0.05) is 6.07 Å². The number of halogens is 1. The van der Waals surface area contributed by atoms with Gasteiger partial charge in [0.15, 0.2) is 5.43 Å². The quantitative estimate of drug-likeness (QED) is 0.479. The number of hydrogen-bond donors (Lipinski definition) is 0. The summed E-state index contributed by atoms with van der Waals surface area (Å²) in [5.41, 5.74) is 1.05. The van der Waals surface area contributed by atoms with Crippen LogP contribution in [0.25, 0.3) is 22.1 Å². The van der Waals surface area contributed by atoms with Gasteiger partial charge in [0.2, 0.25) is 0 Å². The van der Waals surface area contributed by atoms with Crippen LogP contribution in [-0.2, 0) is 10.1 Å². The Morgan fingerprint density at radius 1 is 0.893 bits per heavy atom. The van der Waals surface area contributed by atoms with E-state index >= 15 is 0 Å². The van der Waals surface area contributed by atoms with Gasteiger partial charge in [-0.3, -0.25) is 4.79 Å². The molecule has 28 heavy (non-hydrogen) atoms. The Kier molecular flexibility index (Phi) is 4.44. The zero-order chi connectivity index (χ0) is 19.7. The van der Waals surface area contributed by atoms with Crippen LogP contribution >= 0.6 is 0 Å². The van der Waals surface area contributed by atoms with Gasteiger partial charge < -0.3 is 8.60 Å². The van der Waals surface area contributed by atoms with Gasteiger partial charge in [-0.15, -0.1) is 0 Å². The Balaban J connectivity index is 1.72. The normalized spacial score (nSPS) is 11.5. The van der Waals surface area contributed by atoms with E-state index in [9.17, 15) is 17.6 Å². The van der Waals surface area contributed by atoms with Crippen LogP contribution in [0.2, 0.25) is 0 Å². The van der Waals surface area contributed by atoms with Gasteiger partial charge in [-0.2, -0.15) is 8.42 Å². The van der Waals surface area contributed by atoms with E-state index in [0.29, 0.717) is 11.1 Å². The third kappa shape index (κ3) is 3.39. The van der Waals surface area contributed by atoms with Crippen molar-refractivity contribution in [1.29, 1.82) is 0 Å². The minimum Gasteiger partial charge on any atom is -0.463 e. The van der Waals surface area contributed by atoms with Crippen LogP contribution < -0.4 is 9.61 Å². The minimum atomic E-state index is -4.23. The summed E-state index contributed by atoms with van der Waals surface area (Å²) < 4.78 is 48.5. The van der Waals surface area contributed by atoms with Crippen molar-refractivity contribution >= 4 is 21.1 Å². The molecule has 0 radical (unpaired) electrons. The summed E-state index contributed by atoms with van der Waals surface area (Å²) in [6, 6.07) is 17.6. The monoisotopic (exact) mass is 396 g/mol. The molecule has 7 heteroatoms. The summed E-state index contributed by atoms with van der Waals surface area (Å²) >= 11 is 0. The lowest BCUT2D eigenvalue weighted by Crippen LogP contribution is -2.10. The first-order valence-electron chi connectivity index (χ1n) is 8.25. The van der Waals surface area contributed by atoms with Crippen molar-refractivity contribution in [3.05, 3.63) is 95.1 Å². The molecule has 0 atom stereocenters. The molecular formula is C21H13FO5S. The van der Waals surface area contributed by atoms with Crippen molar-refractivity contribution in [3.8, 4) is 16.9 Å². The average Bonchev–Trinajstić information content (AvgIpc) is 2.68. The highest BCUT2D eigenvalue weighted by molar-refractivity contribution is 7.87. The number of benzene rings is 3. The van der Waals surface area contributed by atoms with Crippen LogP contribution in [-0.4, -0.2) is 8.42 Å². The first-order valence-corrected chi connectivity index (χ1v) is 9.66. The molecule has 0 bridgehead atoms. The van der Waals surface area contributed by atoms with Crippen LogP contribution in [0.1, 0.15) is 0 Å². The molecule has 1 heterocycles. The Hall–Kier alpha value is -3.45. The summed E-state index contributed by atoms with van der Waals surface area (Å²) in [6.45, 7) is 0. The van der Waals surface area contributed by atoms with Crippen molar-refractivity contribution in [2.45, 2.75) is 4.90 Å². The minimum absolute atomic E-state index is 0.0487. The molecule has 140 valence electrons. The number of rotatable bonds is 4. The zero-order valence-corrected chi connectivity index (χ0v) is 15.1. The van der Waals surface area contributed by atoms with E-state index in [2.05, 4.69) is 0 Å². The van der Waals surface area contributed by atoms with Gasteiger partial charge >= 0.3 is 10.1 Å². The van der Waals surface area contributed by atoms with Crippen LogP contribution in [0.3, 0.4) is 0 Å². The van der Waals surface area contributed by atoms with E-state index in [1.54, 1.807) is 12.1 Å². The molecule has 0 aliphatic carbocycles. The van der Waals surface area contributed by atoms with Gasteiger partial charge in [-0.1, -0.05) is 36.4 Å². The largest absolute Gasteiger partial charge is 0.463 e. The van der Waals surface area contributed by atoms with E-state index < -0.39 is 15.9 Å². The maximum atomic E-state index is 13.3. The smallest absolute Gasteiger partial charge is 0.339 e. The molecule has 0 fully saturated rings. The molecule has 3 aromatic carbocycles. The predicted octanol–water partition coefficient (Wildman–Crippen LogP) is 4.37. The summed E-state index contributed by atoms with van der Waals surface area (Å²) in [7, 11) is -4.23. The third-order valence-corrected chi connectivity index (χ3v) is 5.36. The molecule has 0 unspecified atom stereocenters. The van der Waals surface area contributed by atoms with Crippen LogP contribution in [0, 0.1) is 5.82 Å². The molecule has 0 aliphatic rings. The van der Waals surface area contributed by atoms with Crippen LogP contribution in [0.4, 0.5) is 4.39 Å². The highest BCUT2D eigenvalue weighted by atomic mass is 32.2. The van der Waals surface area contributed by atoms with E-state index in [1.165, 1.54) is 36.6 Å². The molecule has 0 spiro atoms. The average molecular weight is 396 g/mol. The standard InChI is InChI=1S/C21H13FO5S/c22-15-7-4-8-17(11-15)28(24,25)27-16-9-10-18-20(12-16)26-13-19(21(18)23)14-5-2-1-3-6-14/h1-13H. The van der Waals surface area contributed by atoms with E-state index in [0.717, 1.165) is 12.1 Å². The molecule has 5 nitrogen and oxygen atoms in total. The van der Waals surface area contributed by atoms with E-state index in [1.807, 2.05) is 18.2 Å². The molecule has 0 N–H and O–H groups in total. The van der Waals surface area contributed by atoms with Gasteiger partial charge in [0.25, 0.3) is 0 Å². The fourth-order valence-electron chi connectivity index (χ4n) is 2.77. The molecule has 4 aromatic rings.